The first kappa shape index (κ1) is 18.8. The van der Waals surface area contributed by atoms with E-state index in [1.54, 1.807) is 13.8 Å². The number of esters is 2. The number of ether oxygens (including phenoxy) is 5. The van der Waals surface area contributed by atoms with E-state index in [0.29, 0.717) is 13.2 Å². The van der Waals surface area contributed by atoms with E-state index < -0.39 is 42.6 Å². The molecule has 1 heterocycles. The molecule has 128 valence electrons. The van der Waals surface area contributed by atoms with Gasteiger partial charge in [-0.25, -0.2) is 0 Å². The van der Waals surface area contributed by atoms with Crippen LogP contribution in [0, 0.1) is 0 Å². The standard InChI is InChI=1S/C14H24O8/c1-5-18-11-10(7-20-8(3)15)22-14(17)13(21-9(4)16)12(11)19-6-2/h10-14,17H,5-7H2,1-4H3/t10-,11-,12+,13+,14+/m1/s1. The summed E-state index contributed by atoms with van der Waals surface area (Å²) in [5, 5.41) is 10.1. The van der Waals surface area contributed by atoms with Gasteiger partial charge in [-0.05, 0) is 13.8 Å². The third-order valence-corrected chi connectivity index (χ3v) is 3.08. The highest BCUT2D eigenvalue weighted by atomic mass is 16.7. The molecule has 1 saturated heterocycles. The molecule has 0 spiro atoms. The summed E-state index contributed by atoms with van der Waals surface area (Å²) in [5.74, 6) is -1.03. The molecule has 0 saturated carbocycles. The minimum absolute atomic E-state index is 0.0899. The number of carbonyl (C=O) groups excluding carboxylic acids is 2. The lowest BCUT2D eigenvalue weighted by Gasteiger charge is -2.43. The Morgan fingerprint density at radius 2 is 1.59 bits per heavy atom. The molecular formula is C14H24O8. The summed E-state index contributed by atoms with van der Waals surface area (Å²) in [6.45, 7) is 6.67. The first-order valence-electron chi connectivity index (χ1n) is 7.28. The lowest BCUT2D eigenvalue weighted by atomic mass is 9.98. The SMILES string of the molecule is CCO[C@@H]1[C@H](OC(C)=O)[C@@H](O)O[C@H](COC(C)=O)[C@H]1OCC. The molecule has 0 aromatic carbocycles. The second-order valence-electron chi connectivity index (χ2n) is 4.78. The molecule has 22 heavy (non-hydrogen) atoms. The van der Waals surface area contributed by atoms with Gasteiger partial charge in [0.05, 0.1) is 0 Å². The second kappa shape index (κ2) is 9.04. The van der Waals surface area contributed by atoms with Crippen LogP contribution in [0.4, 0.5) is 0 Å². The zero-order valence-corrected chi connectivity index (χ0v) is 13.3. The summed E-state index contributed by atoms with van der Waals surface area (Å²) >= 11 is 0. The molecule has 5 atom stereocenters. The summed E-state index contributed by atoms with van der Waals surface area (Å²) < 4.78 is 26.6. The Morgan fingerprint density at radius 3 is 2.09 bits per heavy atom. The fraction of sp³-hybridized carbons (Fsp3) is 0.857. The maximum Gasteiger partial charge on any atom is 0.303 e. The minimum atomic E-state index is -1.39. The number of hydrogen-bond donors (Lipinski definition) is 1. The van der Waals surface area contributed by atoms with Gasteiger partial charge in [0.15, 0.2) is 12.4 Å². The highest BCUT2D eigenvalue weighted by Gasteiger charge is 2.49. The fourth-order valence-corrected chi connectivity index (χ4v) is 2.32. The van der Waals surface area contributed by atoms with E-state index in [-0.39, 0.29) is 6.61 Å². The zero-order valence-electron chi connectivity index (χ0n) is 13.3. The molecule has 0 aliphatic carbocycles. The molecule has 1 N–H and O–H groups in total. The number of hydrogen-bond acceptors (Lipinski definition) is 8. The molecule has 0 bridgehead atoms. The van der Waals surface area contributed by atoms with Gasteiger partial charge in [0, 0.05) is 27.1 Å². The van der Waals surface area contributed by atoms with Gasteiger partial charge >= 0.3 is 11.9 Å². The Labute approximate surface area is 129 Å². The van der Waals surface area contributed by atoms with Gasteiger partial charge in [-0.3, -0.25) is 9.59 Å². The monoisotopic (exact) mass is 320 g/mol. The summed E-state index contributed by atoms with van der Waals surface area (Å²) in [5.41, 5.74) is 0. The summed E-state index contributed by atoms with van der Waals surface area (Å²) in [6.07, 6.45) is -4.49. The predicted octanol–water partition coefficient (Wildman–Crippen LogP) is 0.00860. The molecule has 0 radical (unpaired) electrons. The highest BCUT2D eigenvalue weighted by Crippen LogP contribution is 2.27. The highest BCUT2D eigenvalue weighted by molar-refractivity contribution is 5.66. The van der Waals surface area contributed by atoms with Gasteiger partial charge in [-0.1, -0.05) is 0 Å². The van der Waals surface area contributed by atoms with Crippen molar-refractivity contribution in [1.29, 1.82) is 0 Å². The minimum Gasteiger partial charge on any atom is -0.463 e. The van der Waals surface area contributed by atoms with Crippen molar-refractivity contribution in [3.8, 4) is 0 Å². The van der Waals surface area contributed by atoms with Crippen molar-refractivity contribution < 1.29 is 38.4 Å². The Balaban J connectivity index is 2.93. The van der Waals surface area contributed by atoms with Crippen LogP contribution in [0.2, 0.25) is 0 Å². The van der Waals surface area contributed by atoms with Gasteiger partial charge in [0.2, 0.25) is 0 Å². The van der Waals surface area contributed by atoms with Crippen molar-refractivity contribution in [2.45, 2.75) is 58.4 Å². The van der Waals surface area contributed by atoms with Crippen molar-refractivity contribution in [3.63, 3.8) is 0 Å². The third kappa shape index (κ3) is 5.20. The van der Waals surface area contributed by atoms with Crippen LogP contribution in [0.5, 0.6) is 0 Å². The number of rotatable bonds is 7. The number of aliphatic hydroxyl groups excluding tert-OH is 1. The lowest BCUT2D eigenvalue weighted by Crippen LogP contribution is -2.61. The van der Waals surface area contributed by atoms with E-state index in [9.17, 15) is 14.7 Å². The summed E-state index contributed by atoms with van der Waals surface area (Å²) in [7, 11) is 0. The molecule has 8 nitrogen and oxygen atoms in total. The van der Waals surface area contributed by atoms with Crippen LogP contribution in [0.3, 0.4) is 0 Å². The second-order valence-corrected chi connectivity index (χ2v) is 4.78. The molecule has 8 heteroatoms. The van der Waals surface area contributed by atoms with Crippen LogP contribution in [-0.2, 0) is 33.3 Å². The molecule has 0 aromatic rings. The maximum absolute atomic E-state index is 11.2. The first-order chi connectivity index (χ1) is 10.4. The van der Waals surface area contributed by atoms with E-state index in [1.807, 2.05) is 0 Å². The van der Waals surface area contributed by atoms with E-state index in [4.69, 9.17) is 23.7 Å². The van der Waals surface area contributed by atoms with Crippen molar-refractivity contribution in [3.05, 3.63) is 0 Å². The Kier molecular flexibility index (Phi) is 7.74. The molecule has 0 amide bonds. The normalized spacial score (nSPS) is 31.6. The van der Waals surface area contributed by atoms with Crippen molar-refractivity contribution in [2.75, 3.05) is 19.8 Å². The van der Waals surface area contributed by atoms with Crippen LogP contribution >= 0.6 is 0 Å². The third-order valence-electron chi connectivity index (χ3n) is 3.08. The van der Waals surface area contributed by atoms with Gasteiger partial charge < -0.3 is 28.8 Å². The number of aliphatic hydroxyl groups is 1. The quantitative estimate of drug-likeness (QED) is 0.655. The van der Waals surface area contributed by atoms with Crippen molar-refractivity contribution in [1.82, 2.24) is 0 Å². The van der Waals surface area contributed by atoms with E-state index in [0.717, 1.165) is 0 Å². The molecule has 1 rings (SSSR count). The van der Waals surface area contributed by atoms with E-state index >= 15 is 0 Å². The van der Waals surface area contributed by atoms with Crippen LogP contribution in [0.15, 0.2) is 0 Å². The topological polar surface area (TPSA) is 101 Å². The molecule has 1 aliphatic rings. The van der Waals surface area contributed by atoms with Gasteiger partial charge in [-0.15, -0.1) is 0 Å². The average molecular weight is 320 g/mol. The van der Waals surface area contributed by atoms with E-state index in [1.165, 1.54) is 13.8 Å². The van der Waals surface area contributed by atoms with Crippen LogP contribution in [0.25, 0.3) is 0 Å². The smallest absolute Gasteiger partial charge is 0.303 e. The van der Waals surface area contributed by atoms with Crippen LogP contribution < -0.4 is 0 Å². The van der Waals surface area contributed by atoms with Crippen LogP contribution in [0.1, 0.15) is 27.7 Å². The van der Waals surface area contributed by atoms with Gasteiger partial charge in [0.1, 0.15) is 24.9 Å². The first-order valence-corrected chi connectivity index (χ1v) is 7.28. The zero-order chi connectivity index (χ0) is 16.7. The Bertz CT molecular complexity index is 372. The lowest BCUT2D eigenvalue weighted by molar-refractivity contribution is -0.304. The van der Waals surface area contributed by atoms with Crippen molar-refractivity contribution >= 4 is 11.9 Å². The number of carbonyl (C=O) groups is 2. The molecule has 1 fully saturated rings. The summed E-state index contributed by atoms with van der Waals surface area (Å²) in [6, 6.07) is 0. The Hall–Kier alpha value is -1.22. The van der Waals surface area contributed by atoms with Crippen LogP contribution in [-0.4, -0.2) is 67.6 Å². The molecule has 0 unspecified atom stereocenters. The molecule has 1 aliphatic heterocycles. The maximum atomic E-state index is 11.2. The Morgan fingerprint density at radius 1 is 1.00 bits per heavy atom. The largest absolute Gasteiger partial charge is 0.463 e. The average Bonchev–Trinajstić information content (AvgIpc) is 2.43. The fourth-order valence-electron chi connectivity index (χ4n) is 2.32. The van der Waals surface area contributed by atoms with Gasteiger partial charge in [-0.2, -0.15) is 0 Å². The summed E-state index contributed by atoms with van der Waals surface area (Å²) in [4.78, 5) is 22.2. The van der Waals surface area contributed by atoms with E-state index in [2.05, 4.69) is 0 Å². The predicted molar refractivity (Wildman–Crippen MR) is 73.9 cm³/mol. The van der Waals surface area contributed by atoms with Crippen molar-refractivity contribution in [2.24, 2.45) is 0 Å². The molecular weight excluding hydrogens is 296 g/mol. The van der Waals surface area contributed by atoms with Gasteiger partial charge in [0.25, 0.3) is 0 Å². The molecule has 0 aromatic heterocycles.